The molecule has 0 aliphatic heterocycles. The standard InChI is InChI=1S/C23H32N2O4S/c1-16(18-8-10-19(11-9-18)23(3,4)5)24-22(26)17(2)25(30(7,27)28)20-12-14-21(29-6)15-13-20/h8-17H,1-7H3,(H,24,26)/t16-,17+/m1/s1. The first kappa shape index (κ1) is 23.7. The van der Waals surface area contributed by atoms with Gasteiger partial charge in [-0.05, 0) is 54.7 Å². The van der Waals surface area contributed by atoms with Gasteiger partial charge in [-0.25, -0.2) is 8.42 Å². The van der Waals surface area contributed by atoms with Crippen molar-refractivity contribution in [2.75, 3.05) is 17.7 Å². The van der Waals surface area contributed by atoms with Crippen molar-refractivity contribution in [2.24, 2.45) is 0 Å². The Morgan fingerprint density at radius 1 is 1.00 bits per heavy atom. The molecule has 0 saturated heterocycles. The van der Waals surface area contributed by atoms with Crippen LogP contribution in [0.3, 0.4) is 0 Å². The first-order valence-electron chi connectivity index (χ1n) is 9.89. The van der Waals surface area contributed by atoms with Gasteiger partial charge in [0, 0.05) is 0 Å². The maximum Gasteiger partial charge on any atom is 0.244 e. The molecule has 164 valence electrons. The average molecular weight is 433 g/mol. The van der Waals surface area contributed by atoms with Crippen molar-refractivity contribution in [3.8, 4) is 5.75 Å². The highest BCUT2D eigenvalue weighted by Gasteiger charge is 2.30. The fourth-order valence-corrected chi connectivity index (χ4v) is 4.40. The van der Waals surface area contributed by atoms with E-state index in [1.165, 1.54) is 12.7 Å². The molecule has 2 aromatic rings. The Balaban J connectivity index is 2.20. The first-order valence-corrected chi connectivity index (χ1v) is 11.7. The Hall–Kier alpha value is -2.54. The van der Waals surface area contributed by atoms with Gasteiger partial charge < -0.3 is 10.1 Å². The van der Waals surface area contributed by atoms with E-state index in [0.717, 1.165) is 16.1 Å². The third-order valence-corrected chi connectivity index (χ3v) is 6.29. The summed E-state index contributed by atoms with van der Waals surface area (Å²) in [6.07, 6.45) is 1.09. The quantitative estimate of drug-likeness (QED) is 0.717. The van der Waals surface area contributed by atoms with Crippen molar-refractivity contribution in [1.82, 2.24) is 5.32 Å². The van der Waals surface area contributed by atoms with Crippen LogP contribution in [-0.2, 0) is 20.2 Å². The van der Waals surface area contributed by atoms with E-state index in [4.69, 9.17) is 4.74 Å². The Bertz CT molecular complexity index is 962. The fraction of sp³-hybridized carbons (Fsp3) is 0.435. The van der Waals surface area contributed by atoms with Gasteiger partial charge in [0.05, 0.1) is 25.1 Å². The number of ether oxygens (including phenoxy) is 1. The molecule has 0 unspecified atom stereocenters. The van der Waals surface area contributed by atoms with Crippen LogP contribution in [0.4, 0.5) is 5.69 Å². The molecule has 6 nitrogen and oxygen atoms in total. The van der Waals surface area contributed by atoms with Crippen molar-refractivity contribution >= 4 is 21.6 Å². The summed E-state index contributed by atoms with van der Waals surface area (Å²) in [6, 6.07) is 13.5. The van der Waals surface area contributed by atoms with Gasteiger partial charge >= 0.3 is 0 Å². The van der Waals surface area contributed by atoms with Crippen molar-refractivity contribution in [3.63, 3.8) is 0 Å². The predicted octanol–water partition coefficient (Wildman–Crippen LogP) is 4.02. The zero-order valence-electron chi connectivity index (χ0n) is 18.8. The molecule has 0 bridgehead atoms. The minimum absolute atomic E-state index is 0.0495. The number of nitrogens with one attached hydrogen (secondary N) is 1. The fourth-order valence-electron chi connectivity index (χ4n) is 3.23. The van der Waals surface area contributed by atoms with E-state index >= 15 is 0 Å². The number of methoxy groups -OCH3 is 1. The van der Waals surface area contributed by atoms with Crippen molar-refractivity contribution in [1.29, 1.82) is 0 Å². The molecule has 2 atom stereocenters. The minimum Gasteiger partial charge on any atom is -0.497 e. The smallest absolute Gasteiger partial charge is 0.244 e. The molecular weight excluding hydrogens is 400 g/mol. The lowest BCUT2D eigenvalue weighted by Crippen LogP contribution is -2.48. The second-order valence-corrected chi connectivity index (χ2v) is 10.4. The van der Waals surface area contributed by atoms with E-state index in [9.17, 15) is 13.2 Å². The number of hydrogen-bond acceptors (Lipinski definition) is 4. The Morgan fingerprint density at radius 2 is 1.53 bits per heavy atom. The number of sulfonamides is 1. The van der Waals surface area contributed by atoms with Crippen LogP contribution in [0, 0.1) is 0 Å². The van der Waals surface area contributed by atoms with Crippen LogP contribution >= 0.6 is 0 Å². The lowest BCUT2D eigenvalue weighted by atomic mass is 9.86. The summed E-state index contributed by atoms with van der Waals surface area (Å²) in [4.78, 5) is 12.9. The number of anilines is 1. The lowest BCUT2D eigenvalue weighted by molar-refractivity contribution is -0.122. The summed E-state index contributed by atoms with van der Waals surface area (Å²) in [6.45, 7) is 9.90. The van der Waals surface area contributed by atoms with Crippen molar-refractivity contribution in [2.45, 2.75) is 52.1 Å². The van der Waals surface area contributed by atoms with Crippen LogP contribution in [0.15, 0.2) is 48.5 Å². The molecular formula is C23H32N2O4S. The molecule has 30 heavy (non-hydrogen) atoms. The van der Waals surface area contributed by atoms with Crippen LogP contribution in [0.25, 0.3) is 0 Å². The Morgan fingerprint density at radius 3 is 1.97 bits per heavy atom. The number of amides is 1. The summed E-state index contributed by atoms with van der Waals surface area (Å²) in [5.41, 5.74) is 2.62. The lowest BCUT2D eigenvalue weighted by Gasteiger charge is -2.29. The molecule has 0 aromatic heterocycles. The first-order chi connectivity index (χ1) is 13.8. The molecule has 1 N–H and O–H groups in total. The molecule has 2 rings (SSSR count). The minimum atomic E-state index is -3.67. The Kier molecular flexibility index (Phi) is 7.18. The molecule has 1 amide bonds. The van der Waals surface area contributed by atoms with E-state index in [2.05, 4.69) is 38.2 Å². The van der Waals surface area contributed by atoms with E-state index in [-0.39, 0.29) is 17.4 Å². The van der Waals surface area contributed by atoms with Gasteiger partial charge in [-0.2, -0.15) is 0 Å². The highest BCUT2D eigenvalue weighted by Crippen LogP contribution is 2.26. The zero-order chi connectivity index (χ0) is 22.7. The van der Waals surface area contributed by atoms with Crippen LogP contribution in [0.1, 0.15) is 51.8 Å². The average Bonchev–Trinajstić information content (AvgIpc) is 2.66. The van der Waals surface area contributed by atoms with Gasteiger partial charge in [-0.1, -0.05) is 45.0 Å². The summed E-state index contributed by atoms with van der Waals surface area (Å²) >= 11 is 0. The van der Waals surface area contributed by atoms with Gasteiger partial charge in [-0.15, -0.1) is 0 Å². The van der Waals surface area contributed by atoms with E-state index in [0.29, 0.717) is 11.4 Å². The van der Waals surface area contributed by atoms with Gasteiger partial charge in [-0.3, -0.25) is 9.10 Å². The summed E-state index contributed by atoms with van der Waals surface area (Å²) < 4.78 is 31.1. The van der Waals surface area contributed by atoms with E-state index in [1.807, 2.05) is 19.1 Å². The molecule has 0 heterocycles. The largest absolute Gasteiger partial charge is 0.497 e. The van der Waals surface area contributed by atoms with Gasteiger partial charge in [0.2, 0.25) is 15.9 Å². The predicted molar refractivity (Wildman–Crippen MR) is 121 cm³/mol. The summed E-state index contributed by atoms with van der Waals surface area (Å²) in [7, 11) is -2.14. The van der Waals surface area contributed by atoms with Crippen molar-refractivity contribution in [3.05, 3.63) is 59.7 Å². The molecule has 0 radical (unpaired) electrons. The molecule has 2 aromatic carbocycles. The van der Waals surface area contributed by atoms with Crippen LogP contribution < -0.4 is 14.4 Å². The number of carbonyl (C=O) groups excluding carboxylic acids is 1. The topological polar surface area (TPSA) is 75.7 Å². The van der Waals surface area contributed by atoms with E-state index in [1.54, 1.807) is 31.2 Å². The molecule has 0 fully saturated rings. The highest BCUT2D eigenvalue weighted by atomic mass is 32.2. The monoisotopic (exact) mass is 432 g/mol. The molecule has 0 saturated carbocycles. The molecule has 0 spiro atoms. The summed E-state index contributed by atoms with van der Waals surface area (Å²) in [5.74, 6) is 0.236. The molecule has 7 heteroatoms. The number of hydrogen-bond donors (Lipinski definition) is 1. The third kappa shape index (κ3) is 5.75. The van der Waals surface area contributed by atoms with Gasteiger partial charge in [0.25, 0.3) is 0 Å². The maximum absolute atomic E-state index is 12.9. The SMILES string of the molecule is COc1ccc(N([C@@H](C)C(=O)N[C@H](C)c2ccc(C(C)(C)C)cc2)S(C)(=O)=O)cc1. The normalized spacial score (nSPS) is 14.0. The Labute approximate surface area is 180 Å². The number of benzene rings is 2. The third-order valence-electron chi connectivity index (χ3n) is 5.05. The van der Waals surface area contributed by atoms with Crippen LogP contribution in [0.2, 0.25) is 0 Å². The highest BCUT2D eigenvalue weighted by molar-refractivity contribution is 7.92. The zero-order valence-corrected chi connectivity index (χ0v) is 19.6. The van der Waals surface area contributed by atoms with Gasteiger partial charge in [0.1, 0.15) is 11.8 Å². The number of rotatable bonds is 7. The maximum atomic E-state index is 12.9. The molecule has 0 aliphatic carbocycles. The second kappa shape index (κ2) is 9.08. The van der Waals surface area contributed by atoms with Gasteiger partial charge in [0.15, 0.2) is 0 Å². The summed E-state index contributed by atoms with van der Waals surface area (Å²) in [5, 5.41) is 2.93. The number of carbonyl (C=O) groups is 1. The van der Waals surface area contributed by atoms with Crippen LogP contribution in [-0.4, -0.2) is 33.7 Å². The number of nitrogens with zero attached hydrogens (tertiary/aromatic N) is 1. The van der Waals surface area contributed by atoms with E-state index < -0.39 is 16.1 Å². The van der Waals surface area contributed by atoms with Crippen LogP contribution in [0.5, 0.6) is 5.75 Å². The second-order valence-electron chi connectivity index (χ2n) is 8.54. The van der Waals surface area contributed by atoms with Crippen molar-refractivity contribution < 1.29 is 17.9 Å². The molecule has 0 aliphatic rings.